The molecule has 0 radical (unpaired) electrons. The van der Waals surface area contributed by atoms with Crippen LogP contribution in [0.25, 0.3) is 0 Å². The number of aryl methyl sites for hydroxylation is 1. The van der Waals surface area contributed by atoms with Crippen LogP contribution < -0.4 is 5.32 Å². The third kappa shape index (κ3) is 4.67. The zero-order valence-electron chi connectivity index (χ0n) is 15.7. The van der Waals surface area contributed by atoms with Crippen LogP contribution in [0.1, 0.15) is 54.0 Å². The van der Waals surface area contributed by atoms with Crippen molar-refractivity contribution < 1.29 is 18.7 Å². The molecule has 1 aromatic carbocycles. The molecule has 7 heteroatoms. The van der Waals surface area contributed by atoms with Crippen molar-refractivity contribution in [2.75, 3.05) is 12.4 Å². The molecule has 3 rings (SSSR count). The molecule has 1 aromatic heterocycles. The molecule has 7 nitrogen and oxygen atoms in total. The number of benzene rings is 1. The molecule has 27 heavy (non-hydrogen) atoms. The maximum atomic E-state index is 13.0. The number of oxazole rings is 1. The summed E-state index contributed by atoms with van der Waals surface area (Å²) in [6.45, 7) is 2.16. The average Bonchev–Trinajstić information content (AvgIpc) is 3.16. The Hall–Kier alpha value is -2.83. The summed E-state index contributed by atoms with van der Waals surface area (Å²) in [7, 11) is 1.29. The van der Waals surface area contributed by atoms with Gasteiger partial charge >= 0.3 is 12.0 Å². The number of rotatable bonds is 5. The molecule has 1 N–H and O–H groups in total. The van der Waals surface area contributed by atoms with E-state index in [2.05, 4.69) is 15.0 Å². The highest BCUT2D eigenvalue weighted by molar-refractivity contribution is 5.90. The molecule has 1 heterocycles. The predicted molar refractivity (Wildman–Crippen MR) is 100 cm³/mol. The number of methoxy groups -OCH3 is 1. The van der Waals surface area contributed by atoms with Crippen LogP contribution in [-0.2, 0) is 11.3 Å². The predicted octanol–water partition coefficient (Wildman–Crippen LogP) is 4.14. The number of hydrogen-bond acceptors (Lipinski definition) is 5. The van der Waals surface area contributed by atoms with Gasteiger partial charge in [-0.15, -0.1) is 0 Å². The Bertz CT molecular complexity index is 796. The smallest absolute Gasteiger partial charge is 0.360 e. The molecule has 0 spiro atoms. The molecule has 1 aliphatic rings. The van der Waals surface area contributed by atoms with E-state index in [4.69, 9.17) is 4.42 Å². The molecular weight excluding hydrogens is 346 g/mol. The summed E-state index contributed by atoms with van der Waals surface area (Å²) >= 11 is 0. The second kappa shape index (κ2) is 8.70. The molecule has 1 aliphatic carbocycles. The van der Waals surface area contributed by atoms with Gasteiger partial charge in [0.2, 0.25) is 5.89 Å². The second-order valence-electron chi connectivity index (χ2n) is 6.78. The van der Waals surface area contributed by atoms with Crippen molar-refractivity contribution in [3.8, 4) is 0 Å². The molecule has 0 bridgehead atoms. The van der Waals surface area contributed by atoms with Crippen LogP contribution in [0.3, 0.4) is 0 Å². The molecule has 0 unspecified atom stereocenters. The SMILES string of the molecule is COC(=O)c1coc(CN(C(=O)Nc2ccccc2C)C2CCCCC2)n1. The minimum Gasteiger partial charge on any atom is -0.464 e. The lowest BCUT2D eigenvalue weighted by molar-refractivity contribution is 0.0594. The monoisotopic (exact) mass is 371 g/mol. The first-order valence-corrected chi connectivity index (χ1v) is 9.24. The number of anilines is 1. The lowest BCUT2D eigenvalue weighted by atomic mass is 9.94. The van der Waals surface area contributed by atoms with Crippen LogP contribution >= 0.6 is 0 Å². The number of amides is 2. The van der Waals surface area contributed by atoms with E-state index in [1.54, 1.807) is 4.90 Å². The number of para-hydroxylation sites is 1. The second-order valence-corrected chi connectivity index (χ2v) is 6.78. The molecule has 0 aliphatic heterocycles. The van der Waals surface area contributed by atoms with Gasteiger partial charge in [0.25, 0.3) is 0 Å². The van der Waals surface area contributed by atoms with Crippen LogP contribution in [0.15, 0.2) is 34.9 Å². The van der Waals surface area contributed by atoms with Crippen molar-refractivity contribution in [3.63, 3.8) is 0 Å². The van der Waals surface area contributed by atoms with Crippen LogP contribution in [0, 0.1) is 6.92 Å². The minimum atomic E-state index is -0.557. The number of urea groups is 1. The zero-order chi connectivity index (χ0) is 19.2. The Balaban J connectivity index is 1.78. The first kappa shape index (κ1) is 18.9. The first-order valence-electron chi connectivity index (χ1n) is 9.24. The molecule has 0 atom stereocenters. The van der Waals surface area contributed by atoms with E-state index in [-0.39, 0.29) is 24.3 Å². The van der Waals surface area contributed by atoms with E-state index in [0.29, 0.717) is 5.89 Å². The molecule has 2 aromatic rings. The largest absolute Gasteiger partial charge is 0.464 e. The summed E-state index contributed by atoms with van der Waals surface area (Å²) in [5.74, 6) is -0.237. The number of carbonyl (C=O) groups excluding carboxylic acids is 2. The molecule has 144 valence electrons. The quantitative estimate of drug-likeness (QED) is 0.799. The normalized spacial score (nSPS) is 14.6. The summed E-state index contributed by atoms with van der Waals surface area (Å²) in [5, 5.41) is 2.99. The summed E-state index contributed by atoms with van der Waals surface area (Å²) < 4.78 is 10.1. The third-order valence-electron chi connectivity index (χ3n) is 4.91. The highest BCUT2D eigenvalue weighted by Gasteiger charge is 2.28. The Kier molecular flexibility index (Phi) is 6.11. The fourth-order valence-electron chi connectivity index (χ4n) is 3.39. The molecule has 0 saturated heterocycles. The van der Waals surface area contributed by atoms with Crippen molar-refractivity contribution in [1.29, 1.82) is 0 Å². The zero-order valence-corrected chi connectivity index (χ0v) is 15.7. The van der Waals surface area contributed by atoms with Crippen molar-refractivity contribution in [2.45, 2.75) is 51.6 Å². The van der Waals surface area contributed by atoms with Gasteiger partial charge in [0, 0.05) is 11.7 Å². The number of carbonyl (C=O) groups is 2. The molecule has 1 saturated carbocycles. The summed E-state index contributed by atoms with van der Waals surface area (Å²) in [5.41, 5.74) is 1.89. The molecular formula is C20H25N3O4. The summed E-state index contributed by atoms with van der Waals surface area (Å²) in [6.07, 6.45) is 6.54. The van der Waals surface area contributed by atoms with Crippen LogP contribution in [-0.4, -0.2) is 35.0 Å². The van der Waals surface area contributed by atoms with Gasteiger partial charge in [-0.25, -0.2) is 14.6 Å². The van der Waals surface area contributed by atoms with Gasteiger partial charge in [0.05, 0.1) is 13.7 Å². The van der Waals surface area contributed by atoms with Gasteiger partial charge in [-0.2, -0.15) is 0 Å². The number of hydrogen-bond donors (Lipinski definition) is 1. The van der Waals surface area contributed by atoms with Crippen LogP contribution in [0.5, 0.6) is 0 Å². The Morgan fingerprint density at radius 3 is 2.70 bits per heavy atom. The number of aromatic nitrogens is 1. The summed E-state index contributed by atoms with van der Waals surface area (Å²) in [6, 6.07) is 7.60. The minimum absolute atomic E-state index is 0.107. The Morgan fingerprint density at radius 1 is 1.26 bits per heavy atom. The lowest BCUT2D eigenvalue weighted by Crippen LogP contribution is -2.43. The molecule has 1 fully saturated rings. The Morgan fingerprint density at radius 2 is 2.00 bits per heavy atom. The maximum Gasteiger partial charge on any atom is 0.360 e. The standard InChI is InChI=1S/C20H25N3O4/c1-14-8-6-7-11-16(14)22-20(25)23(15-9-4-3-5-10-15)12-18-21-17(13-27-18)19(24)26-2/h6-8,11,13,15H,3-5,9-10,12H2,1-2H3,(H,22,25). The maximum absolute atomic E-state index is 13.0. The topological polar surface area (TPSA) is 84.7 Å². The van der Waals surface area contributed by atoms with E-state index in [1.165, 1.54) is 19.8 Å². The van der Waals surface area contributed by atoms with Gasteiger partial charge in [0.1, 0.15) is 6.26 Å². The van der Waals surface area contributed by atoms with E-state index < -0.39 is 5.97 Å². The van der Waals surface area contributed by atoms with Crippen molar-refractivity contribution in [3.05, 3.63) is 47.7 Å². The van der Waals surface area contributed by atoms with E-state index >= 15 is 0 Å². The number of nitrogens with one attached hydrogen (secondary N) is 1. The molecule has 2 amide bonds. The number of ether oxygens (including phenoxy) is 1. The third-order valence-corrected chi connectivity index (χ3v) is 4.91. The van der Waals surface area contributed by atoms with Crippen molar-refractivity contribution >= 4 is 17.7 Å². The van der Waals surface area contributed by atoms with Crippen LogP contribution in [0.2, 0.25) is 0 Å². The van der Waals surface area contributed by atoms with E-state index in [9.17, 15) is 9.59 Å². The van der Waals surface area contributed by atoms with Crippen LogP contribution in [0.4, 0.5) is 10.5 Å². The van der Waals surface area contributed by atoms with E-state index in [0.717, 1.165) is 36.9 Å². The van der Waals surface area contributed by atoms with Gasteiger partial charge in [0.15, 0.2) is 5.69 Å². The summed E-state index contributed by atoms with van der Waals surface area (Å²) in [4.78, 5) is 30.5. The van der Waals surface area contributed by atoms with Gasteiger partial charge in [-0.3, -0.25) is 0 Å². The van der Waals surface area contributed by atoms with E-state index in [1.807, 2.05) is 31.2 Å². The number of esters is 1. The first-order chi connectivity index (χ1) is 13.1. The highest BCUT2D eigenvalue weighted by atomic mass is 16.5. The fraction of sp³-hybridized carbons (Fsp3) is 0.450. The highest BCUT2D eigenvalue weighted by Crippen LogP contribution is 2.25. The average molecular weight is 371 g/mol. The van der Waals surface area contributed by atoms with Crippen molar-refractivity contribution in [2.24, 2.45) is 0 Å². The Labute approximate surface area is 158 Å². The van der Waals surface area contributed by atoms with Crippen molar-refractivity contribution in [1.82, 2.24) is 9.88 Å². The van der Waals surface area contributed by atoms with Gasteiger partial charge in [-0.1, -0.05) is 37.5 Å². The van der Waals surface area contributed by atoms with Gasteiger partial charge < -0.3 is 19.4 Å². The fourth-order valence-corrected chi connectivity index (χ4v) is 3.39. The lowest BCUT2D eigenvalue weighted by Gasteiger charge is -2.33. The van der Waals surface area contributed by atoms with Gasteiger partial charge in [-0.05, 0) is 31.4 Å². The number of nitrogens with zero attached hydrogens (tertiary/aromatic N) is 2.